The van der Waals surface area contributed by atoms with Crippen LogP contribution in [-0.2, 0) is 17.9 Å². The minimum absolute atomic E-state index is 0.172. The molecule has 0 saturated heterocycles. The summed E-state index contributed by atoms with van der Waals surface area (Å²) in [6.07, 6.45) is 1.98. The number of nitrogens with zero attached hydrogens (tertiary/aromatic N) is 2. The number of halogens is 1. The van der Waals surface area contributed by atoms with Crippen LogP contribution in [0.1, 0.15) is 35.1 Å². The highest BCUT2D eigenvalue weighted by atomic mass is 35.5. The third kappa shape index (κ3) is 3.98. The number of carbonyl (C=O) groups is 1. The van der Waals surface area contributed by atoms with E-state index in [1.807, 2.05) is 23.1 Å². The highest BCUT2D eigenvalue weighted by molar-refractivity contribution is 6.30. The van der Waals surface area contributed by atoms with Crippen LogP contribution in [-0.4, -0.2) is 15.8 Å². The van der Waals surface area contributed by atoms with Crippen LogP contribution in [0.25, 0.3) is 10.9 Å². The van der Waals surface area contributed by atoms with Gasteiger partial charge in [-0.05, 0) is 49.9 Å². The maximum absolute atomic E-state index is 12.9. The molecule has 1 aliphatic carbocycles. The first kappa shape index (κ1) is 18.0. The molecule has 4 heteroatoms. The summed E-state index contributed by atoms with van der Waals surface area (Å²) < 4.78 is 0. The Bertz CT molecular complexity index is 996. The van der Waals surface area contributed by atoms with E-state index >= 15 is 0 Å². The van der Waals surface area contributed by atoms with E-state index < -0.39 is 0 Å². The third-order valence-electron chi connectivity index (χ3n) is 5.09. The van der Waals surface area contributed by atoms with Gasteiger partial charge in [0, 0.05) is 30.0 Å². The molecule has 0 N–H and O–H groups in total. The normalized spacial score (nSPS) is 13.7. The van der Waals surface area contributed by atoms with Gasteiger partial charge in [0.25, 0.3) is 0 Å². The van der Waals surface area contributed by atoms with Gasteiger partial charge in [0.05, 0.1) is 5.52 Å². The van der Waals surface area contributed by atoms with Crippen molar-refractivity contribution in [1.29, 1.82) is 0 Å². The van der Waals surface area contributed by atoms with Gasteiger partial charge < -0.3 is 4.90 Å². The van der Waals surface area contributed by atoms with E-state index in [0.29, 0.717) is 18.2 Å². The number of fused-ring (bicyclic) bond motifs is 1. The lowest BCUT2D eigenvalue weighted by Gasteiger charge is -2.24. The van der Waals surface area contributed by atoms with Gasteiger partial charge in [-0.15, -0.1) is 0 Å². The first-order valence-corrected chi connectivity index (χ1v) is 9.78. The molecule has 1 heterocycles. The number of benzene rings is 2. The highest BCUT2D eigenvalue weighted by Crippen LogP contribution is 2.33. The second-order valence-electron chi connectivity index (χ2n) is 7.55. The predicted octanol–water partition coefficient (Wildman–Crippen LogP) is 5.44. The molecule has 1 saturated carbocycles. The van der Waals surface area contributed by atoms with E-state index in [9.17, 15) is 4.79 Å². The molecule has 0 aliphatic heterocycles. The standard InChI is InChI=1S/C23H23ClN2O/c1-15-10-16(2)21-19(11-15)12-20(22(24)25-21)14-26(23(27)18-8-9-18)13-17-6-4-3-5-7-17/h3-7,10-12,18H,8-9,13-14H2,1-2H3. The number of carbonyl (C=O) groups excluding carboxylic acids is 1. The zero-order chi connectivity index (χ0) is 19.0. The van der Waals surface area contributed by atoms with Crippen LogP contribution in [0.15, 0.2) is 48.5 Å². The van der Waals surface area contributed by atoms with Crippen molar-refractivity contribution in [2.24, 2.45) is 5.92 Å². The van der Waals surface area contributed by atoms with E-state index in [1.165, 1.54) is 5.56 Å². The molecule has 1 aromatic heterocycles. The lowest BCUT2D eigenvalue weighted by molar-refractivity contribution is -0.133. The zero-order valence-corrected chi connectivity index (χ0v) is 16.5. The Hall–Kier alpha value is -2.39. The largest absolute Gasteiger partial charge is 0.334 e. The second kappa shape index (κ2) is 7.32. The van der Waals surface area contributed by atoms with Crippen LogP contribution >= 0.6 is 11.6 Å². The first-order chi connectivity index (χ1) is 13.0. The number of rotatable bonds is 5. The van der Waals surface area contributed by atoms with Crippen LogP contribution in [0.4, 0.5) is 0 Å². The number of hydrogen-bond acceptors (Lipinski definition) is 2. The highest BCUT2D eigenvalue weighted by Gasteiger charge is 2.33. The lowest BCUT2D eigenvalue weighted by atomic mass is 10.0. The monoisotopic (exact) mass is 378 g/mol. The molecule has 2 aromatic carbocycles. The molecule has 0 atom stereocenters. The molecular formula is C23H23ClN2O. The number of hydrogen-bond donors (Lipinski definition) is 0. The van der Waals surface area contributed by atoms with Crippen molar-refractivity contribution in [1.82, 2.24) is 9.88 Å². The molecule has 3 nitrogen and oxygen atoms in total. The molecule has 138 valence electrons. The van der Waals surface area contributed by atoms with Crippen LogP contribution < -0.4 is 0 Å². The molecular weight excluding hydrogens is 356 g/mol. The smallest absolute Gasteiger partial charge is 0.226 e. The van der Waals surface area contributed by atoms with Crippen molar-refractivity contribution < 1.29 is 4.79 Å². The van der Waals surface area contributed by atoms with E-state index in [4.69, 9.17) is 11.6 Å². The quantitative estimate of drug-likeness (QED) is 0.553. The summed E-state index contributed by atoms with van der Waals surface area (Å²) in [5.41, 5.74) is 5.28. The fourth-order valence-corrected chi connectivity index (χ4v) is 3.79. The fraction of sp³-hybridized carbons (Fsp3) is 0.304. The van der Waals surface area contributed by atoms with Gasteiger partial charge in [0.1, 0.15) is 5.15 Å². The molecule has 1 amide bonds. The SMILES string of the molecule is Cc1cc(C)c2nc(Cl)c(CN(Cc3ccccc3)C(=O)C3CC3)cc2c1. The molecule has 0 spiro atoms. The van der Waals surface area contributed by atoms with Gasteiger partial charge in [-0.3, -0.25) is 4.79 Å². The Morgan fingerprint density at radius 2 is 1.85 bits per heavy atom. The number of amides is 1. The fourth-order valence-electron chi connectivity index (χ4n) is 3.59. The van der Waals surface area contributed by atoms with E-state index in [0.717, 1.165) is 40.4 Å². The minimum Gasteiger partial charge on any atom is -0.334 e. The summed E-state index contributed by atoms with van der Waals surface area (Å²) in [4.78, 5) is 19.4. The number of pyridine rings is 1. The van der Waals surface area contributed by atoms with Crippen molar-refractivity contribution in [2.45, 2.75) is 39.8 Å². The summed E-state index contributed by atoms with van der Waals surface area (Å²) in [5, 5.41) is 1.56. The molecule has 0 radical (unpaired) electrons. The first-order valence-electron chi connectivity index (χ1n) is 9.40. The predicted molar refractivity (Wildman–Crippen MR) is 110 cm³/mol. The Morgan fingerprint density at radius 3 is 2.56 bits per heavy atom. The van der Waals surface area contributed by atoms with Crippen LogP contribution in [0, 0.1) is 19.8 Å². The molecule has 0 bridgehead atoms. The molecule has 3 aromatic rings. The van der Waals surface area contributed by atoms with Crippen molar-refractivity contribution in [2.75, 3.05) is 0 Å². The Morgan fingerprint density at radius 1 is 1.11 bits per heavy atom. The summed E-state index contributed by atoms with van der Waals surface area (Å²) in [5.74, 6) is 0.390. The van der Waals surface area contributed by atoms with E-state index in [1.54, 1.807) is 0 Å². The van der Waals surface area contributed by atoms with Crippen molar-refractivity contribution >= 4 is 28.4 Å². The van der Waals surface area contributed by atoms with Crippen LogP contribution in [0.2, 0.25) is 5.15 Å². The average molecular weight is 379 g/mol. The Labute approximate surface area is 165 Å². The zero-order valence-electron chi connectivity index (χ0n) is 15.7. The summed E-state index contributed by atoms with van der Waals surface area (Å²) in [7, 11) is 0. The lowest BCUT2D eigenvalue weighted by Crippen LogP contribution is -2.31. The molecule has 1 aliphatic rings. The van der Waals surface area contributed by atoms with Crippen molar-refractivity contribution in [3.63, 3.8) is 0 Å². The number of aromatic nitrogens is 1. The maximum atomic E-state index is 12.9. The van der Waals surface area contributed by atoms with Gasteiger partial charge >= 0.3 is 0 Å². The van der Waals surface area contributed by atoms with Crippen molar-refractivity contribution in [3.05, 3.63) is 75.9 Å². The third-order valence-corrected chi connectivity index (χ3v) is 5.42. The molecule has 0 unspecified atom stereocenters. The summed E-state index contributed by atoms with van der Waals surface area (Å²) in [6, 6.07) is 16.4. The summed E-state index contributed by atoms with van der Waals surface area (Å²) in [6.45, 7) is 5.21. The van der Waals surface area contributed by atoms with Gasteiger partial charge in [0.15, 0.2) is 0 Å². The maximum Gasteiger partial charge on any atom is 0.226 e. The topological polar surface area (TPSA) is 33.2 Å². The Balaban J connectivity index is 1.67. The Kier molecular flexibility index (Phi) is 4.88. The average Bonchev–Trinajstić information content (AvgIpc) is 3.48. The second-order valence-corrected chi connectivity index (χ2v) is 7.90. The molecule has 4 rings (SSSR count). The van der Waals surface area contributed by atoms with E-state index in [-0.39, 0.29) is 11.8 Å². The van der Waals surface area contributed by atoms with Gasteiger partial charge in [-0.2, -0.15) is 0 Å². The number of aryl methyl sites for hydroxylation is 2. The van der Waals surface area contributed by atoms with Gasteiger partial charge in [0.2, 0.25) is 5.91 Å². The van der Waals surface area contributed by atoms with Crippen LogP contribution in [0.3, 0.4) is 0 Å². The summed E-state index contributed by atoms with van der Waals surface area (Å²) >= 11 is 6.51. The van der Waals surface area contributed by atoms with Gasteiger partial charge in [-0.25, -0.2) is 4.98 Å². The molecule has 27 heavy (non-hydrogen) atoms. The minimum atomic E-state index is 0.172. The van der Waals surface area contributed by atoms with Gasteiger partial charge in [-0.1, -0.05) is 53.6 Å². The van der Waals surface area contributed by atoms with Crippen LogP contribution in [0.5, 0.6) is 0 Å². The van der Waals surface area contributed by atoms with E-state index in [2.05, 4.69) is 49.2 Å². The van der Waals surface area contributed by atoms with Crippen molar-refractivity contribution in [3.8, 4) is 0 Å². The molecule has 1 fully saturated rings.